The van der Waals surface area contributed by atoms with Crippen LogP contribution < -0.4 is 5.32 Å². The fraction of sp³-hybridized carbons (Fsp3) is 0.385. The van der Waals surface area contributed by atoms with Crippen molar-refractivity contribution in [1.82, 2.24) is 4.90 Å². The van der Waals surface area contributed by atoms with E-state index in [9.17, 15) is 9.59 Å². The number of carboxylic acid groups (broad SMARTS) is 1. The van der Waals surface area contributed by atoms with E-state index < -0.39 is 5.97 Å². The molecule has 1 aromatic carbocycles. The van der Waals surface area contributed by atoms with Crippen molar-refractivity contribution in [3.63, 3.8) is 0 Å². The van der Waals surface area contributed by atoms with E-state index in [1.807, 2.05) is 0 Å². The number of hydrogen-bond donors (Lipinski definition) is 3. The first-order valence-corrected chi connectivity index (χ1v) is 6.62. The topological polar surface area (TPSA) is 89.9 Å². The quantitative estimate of drug-likeness (QED) is 0.776. The SMILES string of the molecule is O=C(O)c1cc(NC(=O)N(CCO)C2CC2)ccc1Cl. The Morgan fingerprint density at radius 1 is 1.40 bits per heavy atom. The minimum atomic E-state index is -1.15. The van der Waals surface area contributed by atoms with Gasteiger partial charge in [-0.05, 0) is 31.0 Å². The lowest BCUT2D eigenvalue weighted by Gasteiger charge is -2.21. The number of carbonyl (C=O) groups is 2. The summed E-state index contributed by atoms with van der Waals surface area (Å²) in [6.07, 6.45) is 1.85. The van der Waals surface area contributed by atoms with Gasteiger partial charge in [-0.15, -0.1) is 0 Å². The molecule has 1 saturated carbocycles. The van der Waals surface area contributed by atoms with Crippen molar-refractivity contribution in [1.29, 1.82) is 0 Å². The number of rotatable bonds is 5. The molecule has 1 fully saturated rings. The van der Waals surface area contributed by atoms with Crippen LogP contribution in [0.5, 0.6) is 0 Å². The molecule has 1 aliphatic rings. The number of hydrogen-bond acceptors (Lipinski definition) is 3. The molecular weight excluding hydrogens is 284 g/mol. The standard InChI is InChI=1S/C13H15ClN2O4/c14-11-4-1-8(7-10(11)12(18)19)15-13(20)16(5-6-17)9-2-3-9/h1,4,7,9,17H,2-3,5-6H2,(H,15,20)(H,18,19). The van der Waals surface area contributed by atoms with Gasteiger partial charge in [-0.1, -0.05) is 11.6 Å². The van der Waals surface area contributed by atoms with Crippen LogP contribution in [0.3, 0.4) is 0 Å². The minimum Gasteiger partial charge on any atom is -0.478 e. The number of carbonyl (C=O) groups excluding carboxylic acids is 1. The van der Waals surface area contributed by atoms with Gasteiger partial charge in [0, 0.05) is 18.3 Å². The van der Waals surface area contributed by atoms with Gasteiger partial charge in [-0.2, -0.15) is 0 Å². The second-order valence-corrected chi connectivity index (χ2v) is 4.99. The van der Waals surface area contributed by atoms with Gasteiger partial charge in [-0.3, -0.25) is 0 Å². The van der Waals surface area contributed by atoms with Crippen LogP contribution in [0.15, 0.2) is 18.2 Å². The summed E-state index contributed by atoms with van der Waals surface area (Å²) in [4.78, 5) is 24.6. The molecule has 0 heterocycles. The van der Waals surface area contributed by atoms with E-state index in [-0.39, 0.29) is 35.8 Å². The number of aliphatic hydroxyl groups is 1. The Morgan fingerprint density at radius 3 is 2.65 bits per heavy atom. The van der Waals surface area contributed by atoms with Crippen molar-refractivity contribution in [2.24, 2.45) is 0 Å². The van der Waals surface area contributed by atoms with Gasteiger partial charge in [0.25, 0.3) is 0 Å². The second-order valence-electron chi connectivity index (χ2n) is 4.58. The maximum Gasteiger partial charge on any atom is 0.337 e. The Kier molecular flexibility index (Phi) is 4.46. The number of aliphatic hydroxyl groups excluding tert-OH is 1. The van der Waals surface area contributed by atoms with Crippen LogP contribution in [-0.2, 0) is 0 Å². The molecule has 0 atom stereocenters. The number of aromatic carboxylic acids is 1. The lowest BCUT2D eigenvalue weighted by Crippen LogP contribution is -2.38. The highest BCUT2D eigenvalue weighted by atomic mass is 35.5. The van der Waals surface area contributed by atoms with Crippen LogP contribution in [0.4, 0.5) is 10.5 Å². The average Bonchev–Trinajstić information content (AvgIpc) is 3.22. The van der Waals surface area contributed by atoms with Gasteiger partial charge in [0.2, 0.25) is 0 Å². The van der Waals surface area contributed by atoms with Crippen LogP contribution >= 0.6 is 11.6 Å². The van der Waals surface area contributed by atoms with Crippen LogP contribution in [0.1, 0.15) is 23.2 Å². The third-order valence-corrected chi connectivity index (χ3v) is 3.37. The Morgan fingerprint density at radius 2 is 2.10 bits per heavy atom. The van der Waals surface area contributed by atoms with Gasteiger partial charge in [-0.25, -0.2) is 9.59 Å². The molecule has 2 rings (SSSR count). The van der Waals surface area contributed by atoms with Crippen molar-refractivity contribution < 1.29 is 19.8 Å². The van der Waals surface area contributed by atoms with E-state index in [0.717, 1.165) is 12.8 Å². The smallest absolute Gasteiger partial charge is 0.337 e. The predicted octanol–water partition coefficient (Wildman–Crippen LogP) is 2.03. The number of benzene rings is 1. The summed E-state index contributed by atoms with van der Waals surface area (Å²) in [6, 6.07) is 4.09. The molecular formula is C13H15ClN2O4. The van der Waals surface area contributed by atoms with Crippen molar-refractivity contribution >= 4 is 29.3 Å². The molecule has 0 saturated heterocycles. The number of urea groups is 1. The van der Waals surface area contributed by atoms with Crippen LogP contribution in [0.2, 0.25) is 5.02 Å². The predicted molar refractivity (Wildman–Crippen MR) is 74.2 cm³/mol. The highest BCUT2D eigenvalue weighted by molar-refractivity contribution is 6.33. The first-order chi connectivity index (χ1) is 9.52. The molecule has 1 aromatic rings. The van der Waals surface area contributed by atoms with Gasteiger partial charge in [0.05, 0.1) is 17.2 Å². The van der Waals surface area contributed by atoms with E-state index in [1.165, 1.54) is 18.2 Å². The average molecular weight is 299 g/mol. The van der Waals surface area contributed by atoms with E-state index in [4.69, 9.17) is 21.8 Å². The molecule has 0 aliphatic heterocycles. The maximum atomic E-state index is 12.1. The van der Waals surface area contributed by atoms with E-state index >= 15 is 0 Å². The Labute approximate surface area is 121 Å². The first-order valence-electron chi connectivity index (χ1n) is 6.24. The fourth-order valence-corrected chi connectivity index (χ4v) is 2.10. The zero-order valence-corrected chi connectivity index (χ0v) is 11.4. The molecule has 108 valence electrons. The van der Waals surface area contributed by atoms with Crippen molar-refractivity contribution in [3.05, 3.63) is 28.8 Å². The third-order valence-electron chi connectivity index (χ3n) is 3.04. The number of halogens is 1. The second kappa shape index (κ2) is 6.11. The Balaban J connectivity index is 2.10. The van der Waals surface area contributed by atoms with E-state index in [1.54, 1.807) is 4.90 Å². The Bertz CT molecular complexity index is 531. The molecule has 0 aromatic heterocycles. The zero-order chi connectivity index (χ0) is 14.7. The monoisotopic (exact) mass is 298 g/mol. The lowest BCUT2D eigenvalue weighted by atomic mass is 10.2. The summed E-state index contributed by atoms with van der Waals surface area (Å²) < 4.78 is 0. The molecule has 1 aliphatic carbocycles. The lowest BCUT2D eigenvalue weighted by molar-refractivity contribution is 0.0697. The van der Waals surface area contributed by atoms with Crippen LogP contribution in [0.25, 0.3) is 0 Å². The van der Waals surface area contributed by atoms with Gasteiger partial charge in [0.1, 0.15) is 0 Å². The summed E-state index contributed by atoms with van der Waals surface area (Å²) >= 11 is 5.76. The molecule has 0 unspecified atom stereocenters. The number of nitrogens with one attached hydrogen (secondary N) is 1. The van der Waals surface area contributed by atoms with Crippen LogP contribution in [-0.4, -0.2) is 46.3 Å². The van der Waals surface area contributed by atoms with E-state index in [0.29, 0.717) is 5.69 Å². The largest absolute Gasteiger partial charge is 0.478 e. The molecule has 20 heavy (non-hydrogen) atoms. The highest BCUT2D eigenvalue weighted by Crippen LogP contribution is 2.27. The molecule has 0 radical (unpaired) electrons. The summed E-state index contributed by atoms with van der Waals surface area (Å²) in [5, 5.41) is 20.7. The fourth-order valence-electron chi connectivity index (χ4n) is 1.91. The van der Waals surface area contributed by atoms with Crippen LogP contribution in [0, 0.1) is 0 Å². The summed E-state index contributed by atoms with van der Waals surface area (Å²) in [6.45, 7) is 0.154. The summed E-state index contributed by atoms with van der Waals surface area (Å²) in [5.74, 6) is -1.15. The normalized spacial score (nSPS) is 13.9. The number of carboxylic acids is 1. The molecule has 6 nitrogen and oxygen atoms in total. The third kappa shape index (κ3) is 3.40. The molecule has 2 amide bonds. The number of nitrogens with zero attached hydrogens (tertiary/aromatic N) is 1. The highest BCUT2D eigenvalue weighted by Gasteiger charge is 2.32. The summed E-state index contributed by atoms with van der Waals surface area (Å²) in [5.41, 5.74) is 0.296. The molecule has 7 heteroatoms. The van der Waals surface area contributed by atoms with Crippen molar-refractivity contribution in [2.75, 3.05) is 18.5 Å². The minimum absolute atomic E-state index is 0.0652. The van der Waals surface area contributed by atoms with Crippen molar-refractivity contribution in [3.8, 4) is 0 Å². The maximum absolute atomic E-state index is 12.1. The number of amides is 2. The first kappa shape index (κ1) is 14.6. The van der Waals surface area contributed by atoms with E-state index in [2.05, 4.69) is 5.32 Å². The van der Waals surface area contributed by atoms with Gasteiger partial charge >= 0.3 is 12.0 Å². The zero-order valence-electron chi connectivity index (χ0n) is 10.7. The Hall–Kier alpha value is -1.79. The molecule has 0 spiro atoms. The molecule has 3 N–H and O–H groups in total. The van der Waals surface area contributed by atoms with Crippen molar-refractivity contribution in [2.45, 2.75) is 18.9 Å². The van der Waals surface area contributed by atoms with Gasteiger partial charge in [0.15, 0.2) is 0 Å². The molecule has 0 bridgehead atoms. The van der Waals surface area contributed by atoms with Gasteiger partial charge < -0.3 is 20.4 Å². The number of anilines is 1. The summed E-state index contributed by atoms with van der Waals surface area (Å²) in [7, 11) is 0.